The summed E-state index contributed by atoms with van der Waals surface area (Å²) < 4.78 is 2.09. The molecule has 1 aliphatic rings. The highest BCUT2D eigenvalue weighted by atomic mass is 15.1. The molecule has 0 aromatic carbocycles. The zero-order valence-electron chi connectivity index (χ0n) is 10.8. The molecule has 0 amide bonds. The van der Waals surface area contributed by atoms with Crippen LogP contribution in [0, 0.1) is 5.92 Å². The lowest BCUT2D eigenvalue weighted by molar-refractivity contribution is 0.394. The number of aromatic nitrogens is 2. The van der Waals surface area contributed by atoms with Crippen molar-refractivity contribution in [3.63, 3.8) is 0 Å². The molecule has 0 radical (unpaired) electrons. The molecular weight excluding hydrogens is 224 g/mol. The number of nitrogens with zero attached hydrogens (tertiary/aromatic N) is 3. The minimum Gasteiger partial charge on any atom is -0.326 e. The first-order chi connectivity index (χ1) is 8.74. The molecule has 96 valence electrons. The van der Waals surface area contributed by atoms with E-state index < -0.39 is 0 Å². The molecule has 1 aliphatic heterocycles. The summed E-state index contributed by atoms with van der Waals surface area (Å²) in [5.74, 6) is 0.758. The number of likely N-dealkylation sites (tertiary alicyclic amines) is 1. The third-order valence-corrected chi connectivity index (χ3v) is 3.78. The summed E-state index contributed by atoms with van der Waals surface area (Å²) in [7, 11) is 2.19. The van der Waals surface area contributed by atoms with Gasteiger partial charge in [-0.15, -0.1) is 0 Å². The van der Waals surface area contributed by atoms with Gasteiger partial charge < -0.3 is 15.0 Å². The van der Waals surface area contributed by atoms with Gasteiger partial charge in [-0.1, -0.05) is 6.07 Å². The molecule has 18 heavy (non-hydrogen) atoms. The van der Waals surface area contributed by atoms with Gasteiger partial charge in [-0.25, -0.2) is 4.98 Å². The van der Waals surface area contributed by atoms with Crippen molar-refractivity contribution in [3.8, 4) is 0 Å². The van der Waals surface area contributed by atoms with Crippen LogP contribution in [0.4, 0.5) is 0 Å². The van der Waals surface area contributed by atoms with Crippen LogP contribution < -0.4 is 5.73 Å². The Balaban J connectivity index is 1.80. The van der Waals surface area contributed by atoms with Gasteiger partial charge in [0.25, 0.3) is 0 Å². The van der Waals surface area contributed by atoms with Gasteiger partial charge in [0.15, 0.2) is 0 Å². The van der Waals surface area contributed by atoms with E-state index in [4.69, 9.17) is 5.73 Å². The van der Waals surface area contributed by atoms with E-state index in [2.05, 4.69) is 39.8 Å². The van der Waals surface area contributed by atoms with Crippen LogP contribution in [-0.2, 0) is 13.0 Å². The van der Waals surface area contributed by atoms with Gasteiger partial charge in [0.1, 0.15) is 5.65 Å². The average molecular weight is 244 g/mol. The van der Waals surface area contributed by atoms with Crippen LogP contribution in [0.2, 0.25) is 0 Å². The Morgan fingerprint density at radius 1 is 1.39 bits per heavy atom. The quantitative estimate of drug-likeness (QED) is 0.885. The highest BCUT2D eigenvalue weighted by molar-refractivity contribution is 5.41. The molecule has 1 saturated heterocycles. The van der Waals surface area contributed by atoms with Crippen molar-refractivity contribution < 1.29 is 0 Å². The maximum absolute atomic E-state index is 5.66. The van der Waals surface area contributed by atoms with E-state index in [1.807, 2.05) is 6.07 Å². The number of rotatable bonds is 3. The third kappa shape index (κ3) is 2.26. The van der Waals surface area contributed by atoms with Gasteiger partial charge in [0.2, 0.25) is 0 Å². The van der Waals surface area contributed by atoms with Crippen molar-refractivity contribution in [3.05, 3.63) is 35.8 Å². The Hall–Kier alpha value is -1.39. The van der Waals surface area contributed by atoms with Crippen molar-refractivity contribution in [1.29, 1.82) is 0 Å². The van der Waals surface area contributed by atoms with E-state index in [1.165, 1.54) is 25.2 Å². The molecule has 0 spiro atoms. The van der Waals surface area contributed by atoms with Gasteiger partial charge in [-0.2, -0.15) is 0 Å². The molecule has 1 atom stereocenters. The minimum atomic E-state index is 0.580. The van der Waals surface area contributed by atoms with Crippen molar-refractivity contribution in [2.24, 2.45) is 11.7 Å². The highest BCUT2D eigenvalue weighted by Gasteiger charge is 2.20. The van der Waals surface area contributed by atoms with Crippen molar-refractivity contribution in [2.75, 3.05) is 20.1 Å². The number of fused-ring (bicyclic) bond motifs is 1. The SMILES string of the molecule is CN1CCC(Cc2cn3cc(CN)ccc3n2)C1. The van der Waals surface area contributed by atoms with Gasteiger partial charge >= 0.3 is 0 Å². The first-order valence-electron chi connectivity index (χ1n) is 6.60. The van der Waals surface area contributed by atoms with Gasteiger partial charge in [-0.3, -0.25) is 0 Å². The molecule has 2 aromatic heterocycles. The predicted molar refractivity (Wildman–Crippen MR) is 72.4 cm³/mol. The smallest absolute Gasteiger partial charge is 0.136 e. The topological polar surface area (TPSA) is 46.6 Å². The lowest BCUT2D eigenvalue weighted by Crippen LogP contribution is -2.15. The summed E-state index contributed by atoms with van der Waals surface area (Å²) in [5.41, 5.74) is 9.02. The second kappa shape index (κ2) is 4.71. The second-order valence-corrected chi connectivity index (χ2v) is 5.36. The molecule has 1 fully saturated rings. The molecule has 2 aromatic rings. The summed E-state index contributed by atoms with van der Waals surface area (Å²) in [5, 5.41) is 0. The average Bonchev–Trinajstić information content (AvgIpc) is 2.94. The number of imidazole rings is 1. The van der Waals surface area contributed by atoms with E-state index in [9.17, 15) is 0 Å². The van der Waals surface area contributed by atoms with E-state index in [0.717, 1.165) is 23.5 Å². The fourth-order valence-corrected chi connectivity index (χ4v) is 2.80. The third-order valence-electron chi connectivity index (χ3n) is 3.78. The first-order valence-corrected chi connectivity index (χ1v) is 6.60. The maximum atomic E-state index is 5.66. The van der Waals surface area contributed by atoms with Gasteiger partial charge in [-0.05, 0) is 44.0 Å². The van der Waals surface area contributed by atoms with E-state index in [-0.39, 0.29) is 0 Å². The Labute approximate surface area is 107 Å². The lowest BCUT2D eigenvalue weighted by Gasteiger charge is -2.07. The van der Waals surface area contributed by atoms with E-state index in [1.54, 1.807) is 0 Å². The molecule has 0 aliphatic carbocycles. The standard InChI is InChI=1S/C14H20N4/c1-17-5-4-11(8-17)6-13-10-18-9-12(7-15)2-3-14(18)16-13/h2-3,9-11H,4-8,15H2,1H3. The Bertz CT molecular complexity index is 546. The molecular formula is C14H20N4. The summed E-state index contributed by atoms with van der Waals surface area (Å²) >= 11 is 0. The Morgan fingerprint density at radius 2 is 2.28 bits per heavy atom. The molecule has 0 bridgehead atoms. The van der Waals surface area contributed by atoms with Crippen LogP contribution in [0.15, 0.2) is 24.5 Å². The summed E-state index contributed by atoms with van der Waals surface area (Å²) in [6.45, 7) is 2.99. The van der Waals surface area contributed by atoms with Crippen LogP contribution in [0.25, 0.3) is 5.65 Å². The van der Waals surface area contributed by atoms with Crippen LogP contribution in [0.1, 0.15) is 17.7 Å². The fourth-order valence-electron chi connectivity index (χ4n) is 2.80. The van der Waals surface area contributed by atoms with Crippen molar-refractivity contribution in [2.45, 2.75) is 19.4 Å². The summed E-state index contributed by atoms with van der Waals surface area (Å²) in [6, 6.07) is 4.10. The summed E-state index contributed by atoms with van der Waals surface area (Å²) in [4.78, 5) is 7.08. The lowest BCUT2D eigenvalue weighted by atomic mass is 10.0. The molecule has 3 rings (SSSR count). The molecule has 4 nitrogen and oxygen atoms in total. The monoisotopic (exact) mass is 244 g/mol. The normalized spacial score (nSPS) is 20.9. The second-order valence-electron chi connectivity index (χ2n) is 5.36. The van der Waals surface area contributed by atoms with Crippen LogP contribution in [-0.4, -0.2) is 34.4 Å². The molecule has 4 heteroatoms. The Kier molecular flexibility index (Phi) is 3.06. The van der Waals surface area contributed by atoms with Crippen LogP contribution in [0.3, 0.4) is 0 Å². The van der Waals surface area contributed by atoms with E-state index in [0.29, 0.717) is 6.54 Å². The first kappa shape index (κ1) is 11.7. The number of pyridine rings is 1. The molecule has 1 unspecified atom stereocenters. The number of hydrogen-bond acceptors (Lipinski definition) is 3. The van der Waals surface area contributed by atoms with Gasteiger partial charge in [0, 0.05) is 25.5 Å². The van der Waals surface area contributed by atoms with Crippen molar-refractivity contribution >= 4 is 5.65 Å². The molecule has 3 heterocycles. The van der Waals surface area contributed by atoms with Crippen LogP contribution in [0.5, 0.6) is 0 Å². The van der Waals surface area contributed by atoms with Crippen molar-refractivity contribution in [1.82, 2.24) is 14.3 Å². The summed E-state index contributed by atoms with van der Waals surface area (Å²) in [6.07, 6.45) is 6.60. The Morgan fingerprint density at radius 3 is 3.00 bits per heavy atom. The fraction of sp³-hybridized carbons (Fsp3) is 0.500. The molecule has 2 N–H and O–H groups in total. The maximum Gasteiger partial charge on any atom is 0.136 e. The number of nitrogens with two attached hydrogens (primary N) is 1. The highest BCUT2D eigenvalue weighted by Crippen LogP contribution is 2.19. The van der Waals surface area contributed by atoms with Gasteiger partial charge in [0.05, 0.1) is 5.69 Å². The van der Waals surface area contributed by atoms with Crippen LogP contribution >= 0.6 is 0 Å². The number of hydrogen-bond donors (Lipinski definition) is 1. The minimum absolute atomic E-state index is 0.580. The zero-order valence-corrected chi connectivity index (χ0v) is 10.8. The zero-order chi connectivity index (χ0) is 12.5. The largest absolute Gasteiger partial charge is 0.326 e. The van der Waals surface area contributed by atoms with E-state index >= 15 is 0 Å². The molecule has 0 saturated carbocycles. The predicted octanol–water partition coefficient (Wildman–Crippen LogP) is 1.29.